The molecule has 1 aliphatic heterocycles. The summed E-state index contributed by atoms with van der Waals surface area (Å²) in [6.07, 6.45) is 1.60. The molecular weight excluding hydrogens is 264 g/mol. The molecule has 2 aliphatic rings. The zero-order chi connectivity index (χ0) is 14.4. The Bertz CT molecular complexity index is 473. The fourth-order valence-electron chi connectivity index (χ4n) is 3.36. The third-order valence-corrected chi connectivity index (χ3v) is 4.92. The molecule has 1 saturated heterocycles. The molecule has 1 aromatic heterocycles. The summed E-state index contributed by atoms with van der Waals surface area (Å²) in [5.74, 6) is -1.30. The summed E-state index contributed by atoms with van der Waals surface area (Å²) in [5, 5.41) is 7.30. The van der Waals surface area contributed by atoms with Gasteiger partial charge in [-0.15, -0.1) is 0 Å². The van der Waals surface area contributed by atoms with Gasteiger partial charge >= 0.3 is 0 Å². The molecule has 1 saturated carbocycles. The molecule has 2 fully saturated rings. The van der Waals surface area contributed by atoms with Crippen molar-refractivity contribution in [3.8, 4) is 0 Å². The molecule has 6 heteroatoms. The highest BCUT2D eigenvalue weighted by Gasteiger charge is 2.49. The van der Waals surface area contributed by atoms with Crippen LogP contribution in [0.4, 0.5) is 8.78 Å². The van der Waals surface area contributed by atoms with Crippen molar-refractivity contribution in [2.75, 3.05) is 13.1 Å². The predicted molar refractivity (Wildman–Crippen MR) is 69.8 cm³/mol. The Morgan fingerprint density at radius 1 is 1.25 bits per heavy atom. The van der Waals surface area contributed by atoms with Crippen LogP contribution in [0.5, 0.6) is 0 Å². The lowest BCUT2D eigenvalue weighted by Crippen LogP contribution is -2.43. The topological polar surface area (TPSA) is 51.0 Å². The van der Waals surface area contributed by atoms with E-state index in [1.165, 1.54) is 0 Å². The Morgan fingerprint density at radius 3 is 2.45 bits per heavy atom. The van der Waals surface area contributed by atoms with E-state index < -0.39 is 5.92 Å². The van der Waals surface area contributed by atoms with Crippen LogP contribution < -0.4 is 5.32 Å². The lowest BCUT2D eigenvalue weighted by Gasteiger charge is -2.37. The number of halogens is 2. The van der Waals surface area contributed by atoms with Crippen LogP contribution >= 0.6 is 0 Å². The van der Waals surface area contributed by atoms with Crippen LogP contribution in [0.1, 0.15) is 57.2 Å². The van der Waals surface area contributed by atoms with Gasteiger partial charge in [0.25, 0.3) is 0 Å². The number of alkyl halides is 2. The Balaban J connectivity index is 1.81. The minimum absolute atomic E-state index is 0.108. The second-order valence-corrected chi connectivity index (χ2v) is 6.48. The van der Waals surface area contributed by atoms with Crippen molar-refractivity contribution in [3.05, 3.63) is 11.7 Å². The zero-order valence-corrected chi connectivity index (χ0v) is 12.0. The highest BCUT2D eigenvalue weighted by Crippen LogP contribution is 2.48. The first-order valence-corrected chi connectivity index (χ1v) is 7.36. The summed E-state index contributed by atoms with van der Waals surface area (Å²) in [6, 6.07) is 0. The van der Waals surface area contributed by atoms with E-state index in [9.17, 15) is 8.78 Å². The minimum atomic E-state index is -2.55. The normalized spacial score (nSPS) is 25.6. The molecule has 2 heterocycles. The van der Waals surface area contributed by atoms with Gasteiger partial charge in [0.15, 0.2) is 5.82 Å². The minimum Gasteiger partial charge on any atom is -0.339 e. The molecule has 0 atom stereocenters. The van der Waals surface area contributed by atoms with Gasteiger partial charge in [-0.2, -0.15) is 4.98 Å². The number of aromatic nitrogens is 2. The molecule has 1 aliphatic carbocycles. The standard InChI is InChI=1S/C14H21F2N3O/c1-9(2)13(3-5-17-6-4-13)12-18-11(19-20-12)10-7-14(15,16)8-10/h9-10,17H,3-8H2,1-2H3. The van der Waals surface area contributed by atoms with Crippen molar-refractivity contribution in [1.29, 1.82) is 0 Å². The number of nitrogens with one attached hydrogen (secondary N) is 1. The van der Waals surface area contributed by atoms with Gasteiger partial charge in [-0.3, -0.25) is 0 Å². The molecule has 112 valence electrons. The van der Waals surface area contributed by atoms with E-state index in [-0.39, 0.29) is 24.2 Å². The monoisotopic (exact) mass is 285 g/mol. The summed E-state index contributed by atoms with van der Waals surface area (Å²) in [4.78, 5) is 4.48. The molecule has 0 bridgehead atoms. The first-order chi connectivity index (χ1) is 9.43. The average molecular weight is 285 g/mol. The van der Waals surface area contributed by atoms with Crippen molar-refractivity contribution >= 4 is 0 Å². The van der Waals surface area contributed by atoms with E-state index >= 15 is 0 Å². The number of nitrogens with zero attached hydrogens (tertiary/aromatic N) is 2. The maximum Gasteiger partial charge on any atom is 0.249 e. The molecule has 20 heavy (non-hydrogen) atoms. The smallest absolute Gasteiger partial charge is 0.249 e. The van der Waals surface area contributed by atoms with Gasteiger partial charge in [-0.05, 0) is 31.8 Å². The maximum atomic E-state index is 12.9. The lowest BCUT2D eigenvalue weighted by atomic mass is 9.70. The third kappa shape index (κ3) is 2.24. The molecule has 3 rings (SSSR count). The van der Waals surface area contributed by atoms with Crippen molar-refractivity contribution in [1.82, 2.24) is 15.5 Å². The van der Waals surface area contributed by atoms with E-state index in [1.54, 1.807) is 0 Å². The SMILES string of the molecule is CC(C)C1(c2nc(C3CC(F)(F)C3)no2)CCNCC1. The van der Waals surface area contributed by atoms with Gasteiger partial charge in [0.2, 0.25) is 11.8 Å². The van der Waals surface area contributed by atoms with Crippen LogP contribution in [0.25, 0.3) is 0 Å². The average Bonchev–Trinajstić information content (AvgIpc) is 2.86. The molecule has 4 nitrogen and oxygen atoms in total. The second kappa shape index (κ2) is 4.76. The van der Waals surface area contributed by atoms with Crippen LogP contribution in [0, 0.1) is 5.92 Å². The molecule has 1 aromatic rings. The number of hydrogen-bond donors (Lipinski definition) is 1. The van der Waals surface area contributed by atoms with Gasteiger partial charge in [0.05, 0.1) is 5.41 Å². The fourth-order valence-corrected chi connectivity index (χ4v) is 3.36. The summed E-state index contributed by atoms with van der Waals surface area (Å²) < 4.78 is 31.3. The van der Waals surface area contributed by atoms with Gasteiger partial charge in [0, 0.05) is 18.8 Å². The Hall–Kier alpha value is -1.04. The van der Waals surface area contributed by atoms with E-state index in [0.717, 1.165) is 25.9 Å². The van der Waals surface area contributed by atoms with Crippen molar-refractivity contribution < 1.29 is 13.3 Å². The summed E-state index contributed by atoms with van der Waals surface area (Å²) >= 11 is 0. The number of hydrogen-bond acceptors (Lipinski definition) is 4. The highest BCUT2D eigenvalue weighted by molar-refractivity contribution is 5.13. The lowest BCUT2D eigenvalue weighted by molar-refractivity contribution is -0.0888. The molecular formula is C14H21F2N3O. The number of piperidine rings is 1. The quantitative estimate of drug-likeness (QED) is 0.927. The molecule has 0 spiro atoms. The molecule has 1 N–H and O–H groups in total. The summed E-state index contributed by atoms with van der Waals surface area (Å²) in [6.45, 7) is 6.17. The van der Waals surface area contributed by atoms with E-state index in [0.29, 0.717) is 17.6 Å². The van der Waals surface area contributed by atoms with E-state index in [4.69, 9.17) is 4.52 Å². The highest BCUT2D eigenvalue weighted by atomic mass is 19.3. The predicted octanol–water partition coefficient (Wildman–Crippen LogP) is 2.86. The third-order valence-electron chi connectivity index (χ3n) is 4.92. The summed E-state index contributed by atoms with van der Waals surface area (Å²) in [5.41, 5.74) is -0.108. The van der Waals surface area contributed by atoms with Gasteiger partial charge in [-0.25, -0.2) is 8.78 Å². The zero-order valence-electron chi connectivity index (χ0n) is 12.0. The molecule has 0 amide bonds. The van der Waals surface area contributed by atoms with Crippen LogP contribution in [0.15, 0.2) is 4.52 Å². The molecule has 0 aromatic carbocycles. The van der Waals surface area contributed by atoms with Crippen molar-refractivity contribution in [2.45, 2.75) is 56.8 Å². The fraction of sp³-hybridized carbons (Fsp3) is 0.857. The Morgan fingerprint density at radius 2 is 1.90 bits per heavy atom. The largest absolute Gasteiger partial charge is 0.339 e. The number of rotatable bonds is 3. The maximum absolute atomic E-state index is 12.9. The van der Waals surface area contributed by atoms with E-state index in [1.807, 2.05) is 0 Å². The van der Waals surface area contributed by atoms with Crippen LogP contribution in [-0.2, 0) is 5.41 Å². The van der Waals surface area contributed by atoms with Crippen LogP contribution in [-0.4, -0.2) is 29.2 Å². The van der Waals surface area contributed by atoms with Gasteiger partial charge < -0.3 is 9.84 Å². The molecule has 0 radical (unpaired) electrons. The van der Waals surface area contributed by atoms with Gasteiger partial charge in [-0.1, -0.05) is 19.0 Å². The van der Waals surface area contributed by atoms with E-state index in [2.05, 4.69) is 29.3 Å². The Labute approximate surface area is 117 Å². The Kier molecular flexibility index (Phi) is 3.31. The first kappa shape index (κ1) is 13.9. The van der Waals surface area contributed by atoms with Crippen molar-refractivity contribution in [2.24, 2.45) is 5.92 Å². The van der Waals surface area contributed by atoms with Crippen LogP contribution in [0.3, 0.4) is 0 Å². The first-order valence-electron chi connectivity index (χ1n) is 7.36. The van der Waals surface area contributed by atoms with Gasteiger partial charge in [0.1, 0.15) is 0 Å². The molecule has 0 unspecified atom stereocenters. The van der Waals surface area contributed by atoms with Crippen molar-refractivity contribution in [3.63, 3.8) is 0 Å². The van der Waals surface area contributed by atoms with Crippen LogP contribution in [0.2, 0.25) is 0 Å². The second-order valence-electron chi connectivity index (χ2n) is 6.48. The summed E-state index contributed by atoms with van der Waals surface area (Å²) in [7, 11) is 0.